The lowest BCUT2D eigenvalue weighted by Gasteiger charge is -2.69. The maximum absolute atomic E-state index is 14.0. The molecule has 5 fully saturated rings. The van der Waals surface area contributed by atoms with Crippen LogP contribution in [0.25, 0.3) is 0 Å². The van der Waals surface area contributed by atoms with Crippen LogP contribution in [0, 0.1) is 51.2 Å². The second-order valence-corrected chi connectivity index (χ2v) is 16.0. The maximum atomic E-state index is 14.0. The zero-order valence-electron chi connectivity index (χ0n) is 27.2. The number of esters is 1. The summed E-state index contributed by atoms with van der Waals surface area (Å²) in [7, 11) is 1.21. The number of halogens is 1. The van der Waals surface area contributed by atoms with Gasteiger partial charge in [-0.3, -0.25) is 9.59 Å². The van der Waals surface area contributed by atoms with Crippen LogP contribution in [0.5, 0.6) is 5.75 Å². The third-order valence-electron chi connectivity index (χ3n) is 13.8. The third kappa shape index (κ3) is 5.00. The minimum Gasteiger partial charge on any atom is -0.462 e. The number of hydroxylamine groups is 1. The van der Waals surface area contributed by atoms with E-state index in [1.54, 1.807) is 19.1 Å². The first kappa shape index (κ1) is 30.9. The van der Waals surface area contributed by atoms with Gasteiger partial charge in [-0.05, 0) is 122 Å². The van der Waals surface area contributed by atoms with Crippen molar-refractivity contribution in [2.24, 2.45) is 51.2 Å². The van der Waals surface area contributed by atoms with Crippen molar-refractivity contribution in [2.45, 2.75) is 118 Å². The fourth-order valence-corrected chi connectivity index (χ4v) is 12.2. The first-order valence-corrected chi connectivity index (χ1v) is 16.9. The van der Waals surface area contributed by atoms with Crippen molar-refractivity contribution in [1.82, 2.24) is 10.6 Å². The number of hydrogen-bond donors (Lipinski definition) is 1. The highest BCUT2D eigenvalue weighted by molar-refractivity contribution is 5.83. The van der Waals surface area contributed by atoms with Crippen molar-refractivity contribution in [1.29, 1.82) is 0 Å². The third-order valence-corrected chi connectivity index (χ3v) is 13.8. The highest BCUT2D eigenvalue weighted by Gasteiger charge is 2.67. The number of nitrogens with one attached hydrogen (secondary N) is 1. The van der Waals surface area contributed by atoms with Gasteiger partial charge < -0.3 is 14.9 Å². The Labute approximate surface area is 257 Å². The Morgan fingerprint density at radius 2 is 1.70 bits per heavy atom. The summed E-state index contributed by atoms with van der Waals surface area (Å²) in [5, 5.41) is 3.49. The number of rotatable bonds is 6. The van der Waals surface area contributed by atoms with E-state index in [9.17, 15) is 14.1 Å². The predicted molar refractivity (Wildman–Crippen MR) is 164 cm³/mol. The van der Waals surface area contributed by atoms with E-state index >= 15 is 0 Å². The topological polar surface area (TPSA) is 67.9 Å². The lowest BCUT2D eigenvalue weighted by atomic mass is 9.36. The van der Waals surface area contributed by atoms with Gasteiger partial charge in [0.25, 0.3) is 0 Å². The Hall–Kier alpha value is -2.15. The lowest BCUT2D eigenvalue weighted by molar-refractivity contribution is -0.220. The number of carbonyl (C=O) groups excluding carboxylic acids is 2. The molecule has 9 unspecified atom stereocenters. The molecule has 43 heavy (non-hydrogen) atoms. The minimum atomic E-state index is -0.261. The summed E-state index contributed by atoms with van der Waals surface area (Å²) < 4.78 is 19.1. The number of benzene rings is 1. The van der Waals surface area contributed by atoms with E-state index < -0.39 is 0 Å². The van der Waals surface area contributed by atoms with Gasteiger partial charge in [-0.25, -0.2) is 0 Å². The Balaban J connectivity index is 1.18. The Kier molecular flexibility index (Phi) is 7.91. The van der Waals surface area contributed by atoms with Crippen molar-refractivity contribution in [2.75, 3.05) is 7.05 Å². The van der Waals surface area contributed by atoms with Gasteiger partial charge in [0.05, 0.1) is 12.5 Å². The number of carbonyl (C=O) groups is 2. The molecular formula is C36H53FN2O4. The molecule has 238 valence electrons. The van der Waals surface area contributed by atoms with Gasteiger partial charge in [0.2, 0.25) is 5.91 Å². The number of hydrogen-bond acceptors (Lipinski definition) is 5. The van der Waals surface area contributed by atoms with E-state index in [1.807, 2.05) is 12.1 Å². The highest BCUT2D eigenvalue weighted by atomic mass is 19.2. The van der Waals surface area contributed by atoms with Crippen LogP contribution in [-0.2, 0) is 20.9 Å². The molecule has 0 spiro atoms. The molecule has 0 heterocycles. The van der Waals surface area contributed by atoms with E-state index in [0.29, 0.717) is 47.3 Å². The van der Waals surface area contributed by atoms with E-state index in [2.05, 4.69) is 33.0 Å². The number of fused-ring (bicyclic) bond motifs is 7. The maximum Gasteiger partial charge on any atom is 0.302 e. The summed E-state index contributed by atoms with van der Waals surface area (Å²) in [5.41, 5.74) is 1.19. The van der Waals surface area contributed by atoms with Crippen LogP contribution in [-0.4, -0.2) is 30.3 Å². The molecule has 5 saturated carbocycles. The van der Waals surface area contributed by atoms with Crippen molar-refractivity contribution >= 4 is 11.9 Å². The van der Waals surface area contributed by atoms with Gasteiger partial charge in [-0.1, -0.05) is 50.7 Å². The molecular weight excluding hydrogens is 543 g/mol. The fourth-order valence-electron chi connectivity index (χ4n) is 12.2. The predicted octanol–water partition coefficient (Wildman–Crippen LogP) is 7.81. The smallest absolute Gasteiger partial charge is 0.302 e. The summed E-state index contributed by atoms with van der Waals surface area (Å²) in [6, 6.07) is 7.29. The molecule has 1 N–H and O–H groups in total. The van der Waals surface area contributed by atoms with Crippen LogP contribution in [0.2, 0.25) is 0 Å². The van der Waals surface area contributed by atoms with Gasteiger partial charge in [-0.15, -0.1) is 0 Å². The summed E-state index contributed by atoms with van der Waals surface area (Å²) in [4.78, 5) is 31.0. The number of nitrogens with zero attached hydrogens (tertiary/aromatic N) is 1. The molecule has 5 aliphatic rings. The van der Waals surface area contributed by atoms with Gasteiger partial charge >= 0.3 is 5.97 Å². The molecule has 0 radical (unpaired) electrons. The Bertz CT molecular complexity index is 1240. The molecule has 1 aromatic rings. The van der Waals surface area contributed by atoms with Crippen molar-refractivity contribution < 1.29 is 23.6 Å². The summed E-state index contributed by atoms with van der Waals surface area (Å²) in [6.07, 6.45) is 12.5. The molecule has 5 aliphatic carbocycles. The van der Waals surface area contributed by atoms with E-state index in [4.69, 9.17) is 9.57 Å². The molecule has 6 rings (SSSR count). The average Bonchev–Trinajstić information content (AvgIpc) is 3.39. The number of ether oxygens (including phenoxy) is 1. The highest BCUT2D eigenvalue weighted by Crippen LogP contribution is 2.73. The largest absolute Gasteiger partial charge is 0.462 e. The molecule has 0 aromatic heterocycles. The summed E-state index contributed by atoms with van der Waals surface area (Å²) >= 11 is 0. The van der Waals surface area contributed by atoms with Crippen molar-refractivity contribution in [3.8, 4) is 5.75 Å². The fraction of sp³-hybridized carbons (Fsp3) is 0.778. The SMILES string of the molecule is CC(=O)OC1CCC2(C)C(CCC3(C)C4CCC5(C(=O)NCc6cccc(ON(C)F)c6)CCCC5C4CCC32)C1(C)C. The zero-order valence-corrected chi connectivity index (χ0v) is 27.2. The van der Waals surface area contributed by atoms with Gasteiger partial charge in [-0.2, -0.15) is 0 Å². The van der Waals surface area contributed by atoms with Crippen LogP contribution in [0.15, 0.2) is 24.3 Å². The zero-order chi connectivity index (χ0) is 30.8. The lowest BCUT2D eigenvalue weighted by Crippen LogP contribution is -2.64. The first-order valence-electron chi connectivity index (χ1n) is 16.9. The minimum absolute atomic E-state index is 0.0103. The Morgan fingerprint density at radius 3 is 2.44 bits per heavy atom. The average molecular weight is 597 g/mol. The van der Waals surface area contributed by atoms with E-state index in [1.165, 1.54) is 39.2 Å². The monoisotopic (exact) mass is 596 g/mol. The van der Waals surface area contributed by atoms with Crippen molar-refractivity contribution in [3.05, 3.63) is 29.8 Å². The van der Waals surface area contributed by atoms with Crippen LogP contribution in [0.1, 0.15) is 111 Å². The van der Waals surface area contributed by atoms with Crippen LogP contribution in [0.4, 0.5) is 4.48 Å². The summed E-state index contributed by atoms with van der Waals surface area (Å²) in [6.45, 7) is 11.9. The van der Waals surface area contributed by atoms with Gasteiger partial charge in [0.1, 0.15) is 6.10 Å². The van der Waals surface area contributed by atoms with Gasteiger partial charge in [0.15, 0.2) is 5.75 Å². The van der Waals surface area contributed by atoms with Crippen molar-refractivity contribution in [3.63, 3.8) is 0 Å². The quantitative estimate of drug-likeness (QED) is 0.206. The second kappa shape index (κ2) is 11.0. The van der Waals surface area contributed by atoms with E-state index in [0.717, 1.165) is 44.1 Å². The molecule has 6 nitrogen and oxygen atoms in total. The normalized spacial score (nSPS) is 41.3. The molecule has 9 atom stereocenters. The Morgan fingerprint density at radius 1 is 0.930 bits per heavy atom. The molecule has 0 bridgehead atoms. The van der Waals surface area contributed by atoms with Crippen LogP contribution in [0.3, 0.4) is 0 Å². The summed E-state index contributed by atoms with van der Waals surface area (Å²) in [5.74, 6) is 3.48. The molecule has 1 aromatic carbocycles. The molecule has 0 saturated heterocycles. The molecule has 7 heteroatoms. The molecule has 1 amide bonds. The standard InChI is InChI=1S/C36H53FN2O4/c1-23(40)42-31-16-19-35(5)29(33(31,2)3)15-18-34(4)27-14-20-36(17-8-11-28(36)26(27)12-13-30(34)35)32(41)38-22-24-9-7-10-25(21-24)43-39(6)37/h7,9-10,21,26-31H,8,11-20,22H2,1-6H3,(H,38,41). The van der Waals surface area contributed by atoms with Crippen LogP contribution < -0.4 is 10.2 Å². The second-order valence-electron chi connectivity index (χ2n) is 16.0. The van der Waals surface area contributed by atoms with E-state index in [-0.39, 0.29) is 39.5 Å². The van der Waals surface area contributed by atoms with Crippen LogP contribution >= 0.6 is 0 Å². The molecule has 0 aliphatic heterocycles. The number of amides is 1. The first-order chi connectivity index (χ1) is 20.3. The van der Waals surface area contributed by atoms with Gasteiger partial charge in [0, 0.05) is 24.2 Å².